The van der Waals surface area contributed by atoms with Crippen molar-refractivity contribution in [1.82, 2.24) is 5.32 Å². The van der Waals surface area contributed by atoms with Crippen molar-refractivity contribution in [2.75, 3.05) is 4.90 Å². The van der Waals surface area contributed by atoms with Gasteiger partial charge in [0.05, 0.1) is 29.2 Å². The van der Waals surface area contributed by atoms with Crippen molar-refractivity contribution in [2.45, 2.75) is 25.4 Å². The van der Waals surface area contributed by atoms with Gasteiger partial charge >= 0.3 is 5.97 Å². The Morgan fingerprint density at radius 2 is 1.79 bits per heavy atom. The topological polar surface area (TPSA) is 110 Å². The minimum Gasteiger partial charge on any atom is -0.480 e. The Bertz CT molecular complexity index is 1070. The Hall–Kier alpha value is -3.50. The fourth-order valence-corrected chi connectivity index (χ4v) is 4.44. The van der Waals surface area contributed by atoms with Crippen LogP contribution < -0.4 is 10.2 Å². The van der Waals surface area contributed by atoms with Gasteiger partial charge in [-0.1, -0.05) is 30.3 Å². The van der Waals surface area contributed by atoms with E-state index < -0.39 is 41.2 Å². The van der Waals surface area contributed by atoms with Gasteiger partial charge in [0.15, 0.2) is 0 Å². The SMILES string of the molecule is Cc1ccccc1N1C(=O)C2C(c3ccc(C#N)cc3)NC(C)(C(=O)O)C2C1=O. The molecule has 2 heterocycles. The van der Waals surface area contributed by atoms with Crippen molar-refractivity contribution >= 4 is 23.5 Å². The Balaban J connectivity index is 1.83. The molecule has 4 atom stereocenters. The van der Waals surface area contributed by atoms with E-state index in [1.165, 1.54) is 6.92 Å². The third-order valence-electron chi connectivity index (χ3n) is 5.99. The molecule has 2 N–H and O–H groups in total. The van der Waals surface area contributed by atoms with Crippen LogP contribution in [-0.4, -0.2) is 28.4 Å². The Kier molecular flexibility index (Phi) is 4.25. The molecule has 4 rings (SSSR count). The number of rotatable bonds is 3. The van der Waals surface area contributed by atoms with Crippen molar-refractivity contribution in [1.29, 1.82) is 5.26 Å². The molecule has 0 radical (unpaired) electrons. The standard InChI is InChI=1S/C22H19N3O4/c1-12-5-3-4-6-15(12)25-19(26)16-17(20(25)27)22(2,21(28)29)24-18(16)14-9-7-13(11-23)8-10-14/h3-10,16-18,24H,1-2H3,(H,28,29). The van der Waals surface area contributed by atoms with E-state index in [1.807, 2.05) is 12.1 Å². The van der Waals surface area contributed by atoms with Crippen LogP contribution in [0.3, 0.4) is 0 Å². The molecule has 2 aromatic carbocycles. The number of para-hydroxylation sites is 1. The van der Waals surface area contributed by atoms with Crippen molar-refractivity contribution in [3.8, 4) is 6.07 Å². The minimum absolute atomic E-state index is 0.416. The van der Waals surface area contributed by atoms with Crippen LogP contribution in [-0.2, 0) is 14.4 Å². The fourth-order valence-electron chi connectivity index (χ4n) is 4.44. The van der Waals surface area contributed by atoms with E-state index in [1.54, 1.807) is 49.4 Å². The predicted molar refractivity (Wildman–Crippen MR) is 104 cm³/mol. The first-order valence-electron chi connectivity index (χ1n) is 9.24. The molecule has 7 heteroatoms. The Morgan fingerprint density at radius 1 is 1.14 bits per heavy atom. The van der Waals surface area contributed by atoms with Crippen LogP contribution >= 0.6 is 0 Å². The lowest BCUT2D eigenvalue weighted by Gasteiger charge is -2.27. The van der Waals surface area contributed by atoms with Crippen LogP contribution in [0.4, 0.5) is 5.69 Å². The molecule has 2 aromatic rings. The largest absolute Gasteiger partial charge is 0.480 e. The van der Waals surface area contributed by atoms with Gasteiger partial charge in [-0.15, -0.1) is 0 Å². The average Bonchev–Trinajstić information content (AvgIpc) is 3.17. The van der Waals surface area contributed by atoms with Gasteiger partial charge in [-0.3, -0.25) is 19.7 Å². The number of imide groups is 1. The summed E-state index contributed by atoms with van der Waals surface area (Å²) in [6.45, 7) is 3.25. The molecule has 2 aliphatic rings. The maximum atomic E-state index is 13.4. The lowest BCUT2D eigenvalue weighted by atomic mass is 9.80. The van der Waals surface area contributed by atoms with Crippen molar-refractivity contribution < 1.29 is 19.5 Å². The number of nitrogens with zero attached hydrogens (tertiary/aromatic N) is 2. The molecular formula is C22H19N3O4. The van der Waals surface area contributed by atoms with Gasteiger partial charge in [-0.2, -0.15) is 5.26 Å². The summed E-state index contributed by atoms with van der Waals surface area (Å²) >= 11 is 0. The summed E-state index contributed by atoms with van der Waals surface area (Å²) in [5.41, 5.74) is 0.765. The van der Waals surface area contributed by atoms with Crippen LogP contribution in [0.2, 0.25) is 0 Å². The van der Waals surface area contributed by atoms with E-state index in [-0.39, 0.29) is 0 Å². The lowest BCUT2D eigenvalue weighted by Crippen LogP contribution is -2.53. The highest BCUT2D eigenvalue weighted by Gasteiger charge is 2.66. The first-order chi connectivity index (χ1) is 13.8. The molecule has 0 bridgehead atoms. The number of nitriles is 1. The summed E-state index contributed by atoms with van der Waals surface area (Å²) < 4.78 is 0. The molecule has 2 aliphatic heterocycles. The van der Waals surface area contributed by atoms with Crippen molar-refractivity contribution in [2.24, 2.45) is 11.8 Å². The maximum Gasteiger partial charge on any atom is 0.324 e. The lowest BCUT2D eigenvalue weighted by molar-refractivity contribution is -0.147. The fraction of sp³-hybridized carbons (Fsp3) is 0.273. The van der Waals surface area contributed by atoms with Gasteiger partial charge < -0.3 is 5.11 Å². The monoisotopic (exact) mass is 389 g/mol. The van der Waals surface area contributed by atoms with E-state index in [4.69, 9.17) is 5.26 Å². The summed E-state index contributed by atoms with van der Waals surface area (Å²) in [5.74, 6) is -4.00. The van der Waals surface area contributed by atoms with Gasteiger partial charge in [0.1, 0.15) is 5.54 Å². The maximum absolute atomic E-state index is 13.4. The van der Waals surface area contributed by atoms with E-state index in [0.717, 1.165) is 10.5 Å². The van der Waals surface area contributed by atoms with Crippen LogP contribution in [0, 0.1) is 30.1 Å². The number of amides is 2. The van der Waals surface area contributed by atoms with Gasteiger partial charge in [0, 0.05) is 6.04 Å². The predicted octanol–water partition coefficient (Wildman–Crippen LogP) is 2.16. The number of nitrogens with one attached hydrogen (secondary N) is 1. The summed E-state index contributed by atoms with van der Waals surface area (Å²) in [5, 5.41) is 21.9. The molecule has 4 unspecified atom stereocenters. The molecule has 146 valence electrons. The molecular weight excluding hydrogens is 370 g/mol. The quantitative estimate of drug-likeness (QED) is 0.779. The number of benzene rings is 2. The molecule has 7 nitrogen and oxygen atoms in total. The molecule has 0 saturated carbocycles. The zero-order chi connectivity index (χ0) is 20.9. The van der Waals surface area contributed by atoms with Crippen molar-refractivity contribution in [3.63, 3.8) is 0 Å². The summed E-state index contributed by atoms with van der Waals surface area (Å²) in [6.07, 6.45) is 0. The van der Waals surface area contributed by atoms with Gasteiger partial charge in [-0.05, 0) is 43.2 Å². The number of hydrogen-bond donors (Lipinski definition) is 2. The second-order valence-corrected chi connectivity index (χ2v) is 7.67. The number of carbonyl (C=O) groups is 3. The van der Waals surface area contributed by atoms with Gasteiger partial charge in [0.2, 0.25) is 11.8 Å². The van der Waals surface area contributed by atoms with Crippen LogP contribution in [0.5, 0.6) is 0 Å². The molecule has 2 amide bonds. The van der Waals surface area contributed by atoms with E-state index in [2.05, 4.69) is 5.32 Å². The number of carboxylic acid groups (broad SMARTS) is 1. The second-order valence-electron chi connectivity index (χ2n) is 7.67. The number of carbonyl (C=O) groups excluding carboxylic acids is 2. The molecule has 0 spiro atoms. The van der Waals surface area contributed by atoms with E-state index in [0.29, 0.717) is 16.8 Å². The van der Waals surface area contributed by atoms with E-state index >= 15 is 0 Å². The molecule has 2 saturated heterocycles. The van der Waals surface area contributed by atoms with E-state index in [9.17, 15) is 19.5 Å². The van der Waals surface area contributed by atoms with Crippen molar-refractivity contribution in [3.05, 3.63) is 65.2 Å². The van der Waals surface area contributed by atoms with Crippen LogP contribution in [0.25, 0.3) is 0 Å². The molecule has 0 aliphatic carbocycles. The third-order valence-corrected chi connectivity index (χ3v) is 5.99. The van der Waals surface area contributed by atoms with Gasteiger partial charge in [-0.25, -0.2) is 4.90 Å². The summed E-state index contributed by atoms with van der Waals surface area (Å²) in [6, 6.07) is 15.0. The number of carboxylic acids is 1. The minimum atomic E-state index is -1.59. The Labute approximate surface area is 167 Å². The number of anilines is 1. The smallest absolute Gasteiger partial charge is 0.324 e. The molecule has 0 aromatic heterocycles. The Morgan fingerprint density at radius 3 is 2.38 bits per heavy atom. The zero-order valence-corrected chi connectivity index (χ0v) is 15.9. The second kappa shape index (κ2) is 6.54. The molecule has 2 fully saturated rings. The van der Waals surface area contributed by atoms with Crippen LogP contribution in [0.1, 0.15) is 29.7 Å². The number of hydrogen-bond acceptors (Lipinski definition) is 5. The summed E-state index contributed by atoms with van der Waals surface area (Å²) in [4.78, 5) is 39.9. The molecule has 29 heavy (non-hydrogen) atoms. The normalized spacial score (nSPS) is 28.3. The number of fused-ring (bicyclic) bond motifs is 1. The number of aliphatic carboxylic acids is 1. The zero-order valence-electron chi connectivity index (χ0n) is 15.9. The third kappa shape index (κ3) is 2.64. The first kappa shape index (κ1) is 18.8. The van der Waals surface area contributed by atoms with Gasteiger partial charge in [0.25, 0.3) is 0 Å². The highest BCUT2D eigenvalue weighted by molar-refractivity contribution is 6.24. The first-order valence-corrected chi connectivity index (χ1v) is 9.24. The summed E-state index contributed by atoms with van der Waals surface area (Å²) in [7, 11) is 0. The highest BCUT2D eigenvalue weighted by Crippen LogP contribution is 2.49. The number of aryl methyl sites for hydroxylation is 1. The van der Waals surface area contributed by atoms with Crippen LogP contribution in [0.15, 0.2) is 48.5 Å². The highest BCUT2D eigenvalue weighted by atomic mass is 16.4. The average molecular weight is 389 g/mol.